The largest absolute Gasteiger partial charge is 0.399 e. The molecule has 1 aromatic rings. The van der Waals surface area contributed by atoms with Gasteiger partial charge in [0.05, 0.1) is 0 Å². The summed E-state index contributed by atoms with van der Waals surface area (Å²) < 4.78 is 13.9. The molecule has 0 aromatic heterocycles. The molecule has 1 atom stereocenters. The van der Waals surface area contributed by atoms with Gasteiger partial charge in [-0.05, 0) is 38.6 Å². The van der Waals surface area contributed by atoms with Crippen LogP contribution in [0.1, 0.15) is 25.3 Å². The van der Waals surface area contributed by atoms with E-state index in [2.05, 4.69) is 23.8 Å². The molecule has 0 bridgehead atoms. The highest BCUT2D eigenvalue weighted by atomic mass is 19.1. The molecule has 1 heterocycles. The molecule has 19 heavy (non-hydrogen) atoms. The van der Waals surface area contributed by atoms with E-state index >= 15 is 0 Å². The van der Waals surface area contributed by atoms with Crippen molar-refractivity contribution in [3.63, 3.8) is 0 Å². The molecule has 0 saturated carbocycles. The molecule has 1 aliphatic heterocycles. The zero-order valence-electron chi connectivity index (χ0n) is 11.9. The van der Waals surface area contributed by atoms with Crippen LogP contribution in [-0.2, 0) is 6.54 Å². The number of likely N-dealkylation sites (N-methyl/N-ethyl adjacent to an activating group) is 1. The van der Waals surface area contributed by atoms with Crippen LogP contribution in [0.2, 0.25) is 0 Å². The Hall–Kier alpha value is -1.13. The van der Waals surface area contributed by atoms with Crippen molar-refractivity contribution in [2.75, 3.05) is 32.4 Å². The molecule has 1 fully saturated rings. The summed E-state index contributed by atoms with van der Waals surface area (Å²) in [7, 11) is 2.16. The maximum absolute atomic E-state index is 13.9. The second-order valence-electron chi connectivity index (χ2n) is 5.50. The summed E-state index contributed by atoms with van der Waals surface area (Å²) in [6.45, 7) is 6.10. The van der Waals surface area contributed by atoms with Crippen molar-refractivity contribution in [3.05, 3.63) is 29.6 Å². The molecule has 0 amide bonds. The summed E-state index contributed by atoms with van der Waals surface area (Å²) >= 11 is 0. The fourth-order valence-corrected chi connectivity index (χ4v) is 2.80. The highest BCUT2D eigenvalue weighted by Crippen LogP contribution is 2.19. The first-order valence-electron chi connectivity index (χ1n) is 7.06. The van der Waals surface area contributed by atoms with Gasteiger partial charge in [0.2, 0.25) is 0 Å². The summed E-state index contributed by atoms with van der Waals surface area (Å²) in [6, 6.07) is 5.51. The first-order valence-corrected chi connectivity index (χ1v) is 7.06. The Balaban J connectivity index is 2.11. The quantitative estimate of drug-likeness (QED) is 0.851. The minimum absolute atomic E-state index is 0.188. The minimum atomic E-state index is -0.188. The molecule has 1 aliphatic rings. The second kappa shape index (κ2) is 6.35. The van der Waals surface area contributed by atoms with E-state index in [1.165, 1.54) is 6.07 Å². The smallest absolute Gasteiger partial charge is 0.129 e. The lowest BCUT2D eigenvalue weighted by Gasteiger charge is -2.30. The minimum Gasteiger partial charge on any atom is -0.399 e. The van der Waals surface area contributed by atoms with Crippen LogP contribution in [-0.4, -0.2) is 42.5 Å². The molecule has 2 N–H and O–H groups in total. The Bertz CT molecular complexity index is 422. The highest BCUT2D eigenvalue weighted by Gasteiger charge is 2.22. The third-order valence-electron chi connectivity index (χ3n) is 3.95. The van der Waals surface area contributed by atoms with E-state index in [1.807, 2.05) is 6.07 Å². The number of nitrogen functional groups attached to an aromatic ring is 1. The molecule has 1 aromatic carbocycles. The standard InChI is InChI=1S/C15H24FN3/c1-3-14-11-18(2)7-4-8-19(14)10-12-5-6-13(17)9-15(12)16/h5-6,9,14H,3-4,7-8,10-11,17H2,1-2H3. The number of rotatable bonds is 3. The van der Waals surface area contributed by atoms with Crippen LogP contribution in [0, 0.1) is 5.82 Å². The molecule has 3 nitrogen and oxygen atoms in total. The van der Waals surface area contributed by atoms with Gasteiger partial charge in [0.1, 0.15) is 5.82 Å². The van der Waals surface area contributed by atoms with Gasteiger partial charge >= 0.3 is 0 Å². The molecular formula is C15H24FN3. The Morgan fingerprint density at radius 1 is 1.37 bits per heavy atom. The fourth-order valence-electron chi connectivity index (χ4n) is 2.80. The topological polar surface area (TPSA) is 32.5 Å². The van der Waals surface area contributed by atoms with Crippen LogP contribution in [0.5, 0.6) is 0 Å². The molecule has 2 rings (SSSR count). The van der Waals surface area contributed by atoms with Gasteiger partial charge in [-0.3, -0.25) is 4.90 Å². The molecule has 0 radical (unpaired) electrons. The Morgan fingerprint density at radius 3 is 2.84 bits per heavy atom. The number of benzene rings is 1. The third-order valence-corrected chi connectivity index (χ3v) is 3.95. The van der Waals surface area contributed by atoms with Gasteiger partial charge in [-0.15, -0.1) is 0 Å². The van der Waals surface area contributed by atoms with Crippen LogP contribution >= 0.6 is 0 Å². The van der Waals surface area contributed by atoms with Crippen LogP contribution in [0.25, 0.3) is 0 Å². The molecule has 1 saturated heterocycles. The Kier molecular flexibility index (Phi) is 4.77. The molecule has 0 spiro atoms. The zero-order valence-corrected chi connectivity index (χ0v) is 11.9. The number of hydrogen-bond acceptors (Lipinski definition) is 3. The second-order valence-corrected chi connectivity index (χ2v) is 5.50. The monoisotopic (exact) mass is 265 g/mol. The Labute approximate surface area is 115 Å². The van der Waals surface area contributed by atoms with E-state index in [4.69, 9.17) is 5.73 Å². The summed E-state index contributed by atoms with van der Waals surface area (Å²) in [5.41, 5.74) is 6.83. The van der Waals surface area contributed by atoms with Crippen molar-refractivity contribution in [2.24, 2.45) is 0 Å². The average Bonchev–Trinajstić information content (AvgIpc) is 2.54. The number of hydrogen-bond donors (Lipinski definition) is 1. The van der Waals surface area contributed by atoms with Gasteiger partial charge in [-0.25, -0.2) is 4.39 Å². The summed E-state index contributed by atoms with van der Waals surface area (Å²) in [6.07, 6.45) is 2.24. The molecule has 0 aliphatic carbocycles. The lowest BCUT2D eigenvalue weighted by molar-refractivity contribution is 0.174. The van der Waals surface area contributed by atoms with Gasteiger partial charge in [0, 0.05) is 36.9 Å². The average molecular weight is 265 g/mol. The third kappa shape index (κ3) is 3.67. The summed E-state index contributed by atoms with van der Waals surface area (Å²) in [5.74, 6) is -0.188. The number of nitrogens with two attached hydrogens (primary N) is 1. The van der Waals surface area contributed by atoms with Gasteiger partial charge < -0.3 is 10.6 Å². The summed E-state index contributed by atoms with van der Waals surface area (Å²) in [5, 5.41) is 0. The SMILES string of the molecule is CCC1CN(C)CCCN1Cc1ccc(N)cc1F. The predicted molar refractivity (Wildman–Crippen MR) is 77.4 cm³/mol. The van der Waals surface area contributed by atoms with Crippen molar-refractivity contribution in [1.82, 2.24) is 9.80 Å². The predicted octanol–water partition coefficient (Wildman–Crippen LogP) is 2.32. The normalized spacial score (nSPS) is 22.4. The van der Waals surface area contributed by atoms with Crippen molar-refractivity contribution in [3.8, 4) is 0 Å². The van der Waals surface area contributed by atoms with E-state index in [0.717, 1.165) is 38.0 Å². The maximum atomic E-state index is 13.9. The molecule has 4 heteroatoms. The van der Waals surface area contributed by atoms with Crippen LogP contribution in [0.3, 0.4) is 0 Å². The first kappa shape index (κ1) is 14.3. The van der Waals surface area contributed by atoms with E-state index in [-0.39, 0.29) is 5.82 Å². The Morgan fingerprint density at radius 2 is 2.16 bits per heavy atom. The maximum Gasteiger partial charge on any atom is 0.129 e. The lowest BCUT2D eigenvalue weighted by atomic mass is 10.1. The summed E-state index contributed by atoms with van der Waals surface area (Å²) in [4.78, 5) is 4.77. The number of anilines is 1. The molecular weight excluding hydrogens is 241 g/mol. The van der Waals surface area contributed by atoms with Crippen LogP contribution in [0.4, 0.5) is 10.1 Å². The van der Waals surface area contributed by atoms with E-state index in [1.54, 1.807) is 6.07 Å². The number of nitrogens with zero attached hydrogens (tertiary/aromatic N) is 2. The van der Waals surface area contributed by atoms with Crippen LogP contribution < -0.4 is 5.73 Å². The van der Waals surface area contributed by atoms with Gasteiger partial charge in [0.15, 0.2) is 0 Å². The molecule has 106 valence electrons. The van der Waals surface area contributed by atoms with E-state index < -0.39 is 0 Å². The van der Waals surface area contributed by atoms with E-state index in [9.17, 15) is 4.39 Å². The molecule has 1 unspecified atom stereocenters. The van der Waals surface area contributed by atoms with Crippen molar-refractivity contribution in [2.45, 2.75) is 32.4 Å². The fraction of sp³-hybridized carbons (Fsp3) is 0.600. The van der Waals surface area contributed by atoms with Crippen LogP contribution in [0.15, 0.2) is 18.2 Å². The van der Waals surface area contributed by atoms with Crippen molar-refractivity contribution >= 4 is 5.69 Å². The zero-order chi connectivity index (χ0) is 13.8. The van der Waals surface area contributed by atoms with Gasteiger partial charge in [-0.2, -0.15) is 0 Å². The highest BCUT2D eigenvalue weighted by molar-refractivity contribution is 5.40. The van der Waals surface area contributed by atoms with Crippen molar-refractivity contribution in [1.29, 1.82) is 0 Å². The van der Waals surface area contributed by atoms with Gasteiger partial charge in [-0.1, -0.05) is 13.0 Å². The lowest BCUT2D eigenvalue weighted by Crippen LogP contribution is -2.39. The van der Waals surface area contributed by atoms with Crippen molar-refractivity contribution < 1.29 is 4.39 Å². The van der Waals surface area contributed by atoms with E-state index in [0.29, 0.717) is 18.3 Å². The van der Waals surface area contributed by atoms with Gasteiger partial charge in [0.25, 0.3) is 0 Å². The first-order chi connectivity index (χ1) is 9.10. The number of halogens is 1.